The van der Waals surface area contributed by atoms with Gasteiger partial charge in [-0.15, -0.1) is 0 Å². The monoisotopic (exact) mass is 241 g/mol. The molecule has 0 amide bonds. The van der Waals surface area contributed by atoms with E-state index in [0.717, 1.165) is 18.6 Å². The molecule has 0 atom stereocenters. The van der Waals surface area contributed by atoms with Crippen LogP contribution in [0.2, 0.25) is 0 Å². The maximum Gasteiger partial charge on any atom is 0.250 e. The quantitative estimate of drug-likeness (QED) is 0.856. The molecule has 2 rings (SSSR count). The molecule has 4 heteroatoms. The van der Waals surface area contributed by atoms with E-state index in [4.69, 9.17) is 4.74 Å². The first-order chi connectivity index (χ1) is 8.20. The third-order valence-corrected chi connectivity index (χ3v) is 3.28. The van der Waals surface area contributed by atoms with Crippen LogP contribution < -0.4 is 10.1 Å². The van der Waals surface area contributed by atoms with Gasteiger partial charge in [0.25, 0.3) is 6.43 Å². The Morgan fingerprint density at radius 1 is 1.35 bits per heavy atom. The van der Waals surface area contributed by atoms with Crippen LogP contribution in [0.5, 0.6) is 5.75 Å². The Balaban J connectivity index is 1.86. The Kier molecular flexibility index (Phi) is 3.94. The van der Waals surface area contributed by atoms with Crippen LogP contribution in [0, 0.1) is 0 Å². The van der Waals surface area contributed by atoms with Gasteiger partial charge in [0.05, 0.1) is 13.7 Å². The minimum Gasteiger partial charge on any atom is -0.496 e. The van der Waals surface area contributed by atoms with E-state index in [9.17, 15) is 8.78 Å². The predicted octanol–water partition coefficient (Wildman–Crippen LogP) is 2.80. The summed E-state index contributed by atoms with van der Waals surface area (Å²) < 4.78 is 29.3. The van der Waals surface area contributed by atoms with Gasteiger partial charge in [0.2, 0.25) is 0 Å². The minimum absolute atomic E-state index is 0.205. The molecule has 0 radical (unpaired) electrons. The number of alkyl halides is 2. The van der Waals surface area contributed by atoms with E-state index in [-0.39, 0.29) is 12.6 Å². The lowest BCUT2D eigenvalue weighted by Gasteiger charge is -2.36. The number of hydrogen-bond acceptors (Lipinski definition) is 2. The fourth-order valence-corrected chi connectivity index (χ4v) is 2.30. The molecule has 2 nitrogen and oxygen atoms in total. The molecule has 0 bridgehead atoms. The summed E-state index contributed by atoms with van der Waals surface area (Å²) in [4.78, 5) is 0. The average molecular weight is 241 g/mol. The SMILES string of the molecule is COc1ccccc1C1CC(NCC(F)F)C1. The highest BCUT2D eigenvalue weighted by atomic mass is 19.3. The Morgan fingerprint density at radius 2 is 2.06 bits per heavy atom. The lowest BCUT2D eigenvalue weighted by molar-refractivity contribution is 0.131. The first kappa shape index (κ1) is 12.3. The molecule has 94 valence electrons. The van der Waals surface area contributed by atoms with Crippen LogP contribution >= 0.6 is 0 Å². The first-order valence-electron chi connectivity index (χ1n) is 5.85. The molecule has 1 aromatic carbocycles. The molecule has 1 saturated carbocycles. The zero-order valence-electron chi connectivity index (χ0n) is 9.83. The second-order valence-electron chi connectivity index (χ2n) is 4.41. The fraction of sp³-hybridized carbons (Fsp3) is 0.538. The predicted molar refractivity (Wildman–Crippen MR) is 62.8 cm³/mol. The summed E-state index contributed by atoms with van der Waals surface area (Å²) in [5.41, 5.74) is 1.19. The Morgan fingerprint density at radius 3 is 2.71 bits per heavy atom. The van der Waals surface area contributed by atoms with Gasteiger partial charge in [0.1, 0.15) is 5.75 Å². The summed E-state index contributed by atoms with van der Waals surface area (Å²) in [6.07, 6.45) is -0.444. The van der Waals surface area contributed by atoms with Crippen molar-refractivity contribution in [3.05, 3.63) is 29.8 Å². The number of hydrogen-bond donors (Lipinski definition) is 1. The highest BCUT2D eigenvalue weighted by Gasteiger charge is 2.31. The van der Waals surface area contributed by atoms with Gasteiger partial charge < -0.3 is 10.1 Å². The van der Waals surface area contributed by atoms with Crippen LogP contribution in [0.4, 0.5) is 8.78 Å². The van der Waals surface area contributed by atoms with E-state index in [0.29, 0.717) is 5.92 Å². The molecule has 1 aliphatic rings. The number of halogens is 2. The molecule has 1 N–H and O–H groups in total. The molecule has 0 spiro atoms. The normalized spacial score (nSPS) is 23.5. The van der Waals surface area contributed by atoms with Crippen molar-refractivity contribution in [2.75, 3.05) is 13.7 Å². The zero-order chi connectivity index (χ0) is 12.3. The largest absolute Gasteiger partial charge is 0.496 e. The summed E-state index contributed by atoms with van der Waals surface area (Å²) in [7, 11) is 1.66. The van der Waals surface area contributed by atoms with E-state index in [1.165, 1.54) is 5.56 Å². The molecule has 1 fully saturated rings. The number of rotatable bonds is 5. The van der Waals surface area contributed by atoms with Gasteiger partial charge in [-0.25, -0.2) is 8.78 Å². The Bertz CT molecular complexity index is 364. The van der Waals surface area contributed by atoms with Gasteiger partial charge in [-0.1, -0.05) is 18.2 Å². The van der Waals surface area contributed by atoms with Gasteiger partial charge in [-0.3, -0.25) is 0 Å². The number of ether oxygens (including phenoxy) is 1. The summed E-state index contributed by atoms with van der Waals surface area (Å²) in [5.74, 6) is 1.33. The first-order valence-corrected chi connectivity index (χ1v) is 5.85. The highest BCUT2D eigenvalue weighted by molar-refractivity contribution is 5.37. The topological polar surface area (TPSA) is 21.3 Å². The number of para-hydroxylation sites is 1. The van der Waals surface area contributed by atoms with Gasteiger partial charge in [-0.2, -0.15) is 0 Å². The van der Waals surface area contributed by atoms with Crippen molar-refractivity contribution < 1.29 is 13.5 Å². The molecule has 1 aliphatic carbocycles. The molecule has 0 heterocycles. The fourth-order valence-electron chi connectivity index (χ4n) is 2.30. The lowest BCUT2D eigenvalue weighted by Crippen LogP contribution is -2.42. The summed E-state index contributed by atoms with van der Waals surface area (Å²) >= 11 is 0. The molecular weight excluding hydrogens is 224 g/mol. The van der Waals surface area contributed by atoms with Crippen molar-refractivity contribution in [1.29, 1.82) is 0 Å². The standard InChI is InChI=1S/C13H17F2NO/c1-17-12-5-3-2-4-11(12)9-6-10(7-9)16-8-13(14)15/h2-5,9-10,13,16H,6-8H2,1H3. The maximum absolute atomic E-state index is 12.0. The molecule has 0 aromatic heterocycles. The van der Waals surface area contributed by atoms with Crippen molar-refractivity contribution >= 4 is 0 Å². The van der Waals surface area contributed by atoms with Crippen molar-refractivity contribution in [1.82, 2.24) is 5.32 Å². The number of benzene rings is 1. The van der Waals surface area contributed by atoms with E-state index in [2.05, 4.69) is 5.32 Å². The zero-order valence-corrected chi connectivity index (χ0v) is 9.83. The third kappa shape index (κ3) is 2.94. The molecule has 17 heavy (non-hydrogen) atoms. The van der Waals surface area contributed by atoms with Gasteiger partial charge in [-0.05, 0) is 30.4 Å². The van der Waals surface area contributed by atoms with Crippen LogP contribution in [-0.2, 0) is 0 Å². The smallest absolute Gasteiger partial charge is 0.250 e. The van der Waals surface area contributed by atoms with Crippen LogP contribution in [-0.4, -0.2) is 26.1 Å². The van der Waals surface area contributed by atoms with E-state index >= 15 is 0 Å². The van der Waals surface area contributed by atoms with Crippen molar-refractivity contribution in [3.8, 4) is 5.75 Å². The lowest BCUT2D eigenvalue weighted by atomic mass is 9.75. The Hall–Kier alpha value is -1.16. The number of methoxy groups -OCH3 is 1. The van der Waals surface area contributed by atoms with Crippen LogP contribution in [0.1, 0.15) is 24.3 Å². The molecule has 0 saturated heterocycles. The van der Waals surface area contributed by atoms with Crippen LogP contribution in [0.3, 0.4) is 0 Å². The van der Waals surface area contributed by atoms with Gasteiger partial charge >= 0.3 is 0 Å². The third-order valence-electron chi connectivity index (χ3n) is 3.28. The second kappa shape index (κ2) is 5.45. The van der Waals surface area contributed by atoms with E-state index in [1.807, 2.05) is 24.3 Å². The molecular formula is C13H17F2NO. The maximum atomic E-state index is 12.0. The van der Waals surface area contributed by atoms with Crippen molar-refractivity contribution in [2.45, 2.75) is 31.2 Å². The molecule has 0 unspecified atom stereocenters. The average Bonchev–Trinajstić information content (AvgIpc) is 2.27. The van der Waals surface area contributed by atoms with Crippen LogP contribution in [0.15, 0.2) is 24.3 Å². The summed E-state index contributed by atoms with van der Waals surface area (Å²) in [6.45, 7) is -0.205. The minimum atomic E-state index is -2.26. The second-order valence-corrected chi connectivity index (χ2v) is 4.41. The molecule has 0 aliphatic heterocycles. The summed E-state index contributed by atoms with van der Waals surface area (Å²) in [6, 6.07) is 8.13. The number of nitrogens with one attached hydrogen (secondary N) is 1. The highest BCUT2D eigenvalue weighted by Crippen LogP contribution is 2.40. The molecule has 1 aromatic rings. The Labute approximate surface area is 100.0 Å². The van der Waals surface area contributed by atoms with Gasteiger partial charge in [0, 0.05) is 6.04 Å². The van der Waals surface area contributed by atoms with Crippen LogP contribution in [0.25, 0.3) is 0 Å². The van der Waals surface area contributed by atoms with Crippen molar-refractivity contribution in [2.24, 2.45) is 0 Å². The summed E-state index contributed by atoms with van der Waals surface area (Å²) in [5, 5.41) is 2.86. The van der Waals surface area contributed by atoms with E-state index < -0.39 is 6.43 Å². The van der Waals surface area contributed by atoms with Gasteiger partial charge in [0.15, 0.2) is 0 Å². The van der Waals surface area contributed by atoms with Crippen molar-refractivity contribution in [3.63, 3.8) is 0 Å². The van der Waals surface area contributed by atoms with E-state index in [1.54, 1.807) is 7.11 Å².